The zero-order chi connectivity index (χ0) is 0. The van der Waals surface area contributed by atoms with Crippen LogP contribution < -0.4 is 0 Å². The summed E-state index contributed by atoms with van der Waals surface area (Å²) >= 11 is 0. The van der Waals surface area contributed by atoms with E-state index in [2.05, 4.69) is 0 Å². The molecule has 0 aliphatic rings. The van der Waals surface area contributed by atoms with Gasteiger partial charge >= 0.3 is 0 Å². The third-order valence-electron chi connectivity index (χ3n) is 0. The van der Waals surface area contributed by atoms with Crippen LogP contribution in [0.25, 0.3) is 0 Å². The minimum Gasteiger partial charge on any atom is -0.197 e. The molecule has 0 saturated heterocycles. The Bertz CT molecular complexity index is 11.6. The van der Waals surface area contributed by atoms with Gasteiger partial charge in [0.05, 0.1) is 0 Å². The molecule has 0 aromatic rings. The van der Waals surface area contributed by atoms with Crippen LogP contribution in [0, 0.1) is 0 Å². The molecule has 0 atom stereocenters. The van der Waals surface area contributed by atoms with Crippen molar-refractivity contribution < 1.29 is 36.5 Å². The average Bonchev–Trinajstić information content (AvgIpc) is 0. The quantitative estimate of drug-likeness (QED) is 0.445. The van der Waals surface area contributed by atoms with Gasteiger partial charge in [0.1, 0.15) is 0 Å². The summed E-state index contributed by atoms with van der Waals surface area (Å²) in [5.41, 5.74) is 0. The first-order chi connectivity index (χ1) is 0. The van der Waals surface area contributed by atoms with Gasteiger partial charge in [0, 0.05) is 68.0 Å². The van der Waals surface area contributed by atoms with Crippen LogP contribution >= 0.6 is 13.5 Å². The summed E-state index contributed by atoms with van der Waals surface area (Å²) in [6.07, 6.45) is 0. The Morgan fingerprint density at radius 2 is 1.00 bits per heavy atom. The van der Waals surface area contributed by atoms with E-state index in [1.165, 1.54) is 0 Å². The molecule has 0 saturated carbocycles. The predicted octanol–water partition coefficient (Wildman–Crippen LogP) is -0.654. The fraction of sp³-hybridized carbons (Fsp3) is 0. The Morgan fingerprint density at radius 3 is 1.00 bits per heavy atom. The SMILES string of the molecule is S.[B].[Fe].[Mg].[Zn]. The average molecular weight is 190 g/mol. The molecule has 5 heavy (non-hydrogen) atoms. The van der Waals surface area contributed by atoms with Gasteiger partial charge in [-0.2, -0.15) is 13.5 Å². The van der Waals surface area contributed by atoms with Crippen molar-refractivity contribution >= 4 is 45.0 Å². The monoisotopic (exact) mass is 189 g/mol. The van der Waals surface area contributed by atoms with E-state index in [1.807, 2.05) is 0 Å². The van der Waals surface area contributed by atoms with Crippen molar-refractivity contribution in [3.63, 3.8) is 0 Å². The normalized spacial score (nSPS) is 0. The second kappa shape index (κ2) is 33.2. The fourth-order valence-corrected chi connectivity index (χ4v) is 0. The topological polar surface area (TPSA) is 0 Å². The van der Waals surface area contributed by atoms with E-state index in [1.54, 1.807) is 0 Å². The van der Waals surface area contributed by atoms with Crippen LogP contribution in [0.2, 0.25) is 0 Å². The van der Waals surface area contributed by atoms with Crippen molar-refractivity contribution in [2.45, 2.75) is 0 Å². The third-order valence-corrected chi connectivity index (χ3v) is 0. The van der Waals surface area contributed by atoms with E-state index < -0.39 is 0 Å². The molecular formula is H2BFeMgSZn. The van der Waals surface area contributed by atoms with E-state index in [0.717, 1.165) is 0 Å². The fourth-order valence-electron chi connectivity index (χ4n) is 0. The predicted molar refractivity (Wildman–Crippen MR) is 21.9 cm³/mol. The number of hydrogen-bond acceptors (Lipinski definition) is 0. The van der Waals surface area contributed by atoms with Gasteiger partial charge in [0.15, 0.2) is 0 Å². The van der Waals surface area contributed by atoms with Crippen LogP contribution in [-0.2, 0) is 36.5 Å². The van der Waals surface area contributed by atoms with Gasteiger partial charge in [-0.15, -0.1) is 0 Å². The van der Waals surface area contributed by atoms with Crippen LogP contribution in [0.15, 0.2) is 0 Å². The summed E-state index contributed by atoms with van der Waals surface area (Å²) in [4.78, 5) is 0. The second-order valence-corrected chi connectivity index (χ2v) is 0. The Morgan fingerprint density at radius 1 is 1.00 bits per heavy atom. The van der Waals surface area contributed by atoms with Gasteiger partial charge in [0.2, 0.25) is 0 Å². The van der Waals surface area contributed by atoms with Crippen LogP contribution in [0.5, 0.6) is 0 Å². The first kappa shape index (κ1) is 54.2. The summed E-state index contributed by atoms with van der Waals surface area (Å²) in [7, 11) is 0. The van der Waals surface area contributed by atoms with Gasteiger partial charge in [-0.25, -0.2) is 0 Å². The van der Waals surface area contributed by atoms with E-state index in [9.17, 15) is 0 Å². The van der Waals surface area contributed by atoms with Crippen LogP contribution in [0.4, 0.5) is 0 Å². The standard InChI is InChI=1S/B.Fe.Mg.H2S.Zn/h;;;1H2;. The maximum atomic E-state index is 0. The van der Waals surface area contributed by atoms with Crippen LogP contribution in [-0.4, -0.2) is 31.5 Å². The van der Waals surface area contributed by atoms with E-state index in [-0.39, 0.29) is 81.5 Å². The number of hydrogen-bond donors (Lipinski definition) is 0. The number of rotatable bonds is 0. The summed E-state index contributed by atoms with van der Waals surface area (Å²) in [5.74, 6) is 0. The maximum Gasteiger partial charge on any atom is 0 e. The molecule has 0 bridgehead atoms. The molecular weight excluding hydrogens is 188 g/mol. The largest absolute Gasteiger partial charge is 0.197 e. The van der Waals surface area contributed by atoms with E-state index in [4.69, 9.17) is 0 Å². The molecule has 0 nitrogen and oxygen atoms in total. The Labute approximate surface area is 80.6 Å². The molecule has 23 valence electrons. The molecule has 5 radical (unpaired) electrons. The second-order valence-electron chi connectivity index (χ2n) is 0. The summed E-state index contributed by atoms with van der Waals surface area (Å²) in [6, 6.07) is 0. The van der Waals surface area contributed by atoms with E-state index in [0.29, 0.717) is 0 Å². The van der Waals surface area contributed by atoms with Gasteiger partial charge in [-0.05, 0) is 0 Å². The minimum absolute atomic E-state index is 0. The first-order valence-corrected chi connectivity index (χ1v) is 0. The summed E-state index contributed by atoms with van der Waals surface area (Å²) in [5, 5.41) is 0. The zero-order valence-electron chi connectivity index (χ0n) is 2.85. The molecule has 0 rings (SSSR count). The maximum absolute atomic E-state index is 0. The van der Waals surface area contributed by atoms with Crippen molar-refractivity contribution in [2.75, 3.05) is 0 Å². The first-order valence-electron chi connectivity index (χ1n) is 0. The van der Waals surface area contributed by atoms with Gasteiger partial charge < -0.3 is 0 Å². The molecule has 0 unspecified atom stereocenters. The molecule has 5 heteroatoms. The molecule has 0 fully saturated rings. The van der Waals surface area contributed by atoms with Crippen molar-refractivity contribution in [1.29, 1.82) is 0 Å². The Balaban J connectivity index is 0. The molecule has 0 spiro atoms. The van der Waals surface area contributed by atoms with Crippen molar-refractivity contribution in [2.24, 2.45) is 0 Å². The molecule has 0 amide bonds. The van der Waals surface area contributed by atoms with Crippen molar-refractivity contribution in [3.05, 3.63) is 0 Å². The van der Waals surface area contributed by atoms with Crippen LogP contribution in [0.3, 0.4) is 0 Å². The molecule has 0 N–H and O–H groups in total. The summed E-state index contributed by atoms with van der Waals surface area (Å²) < 4.78 is 0. The van der Waals surface area contributed by atoms with Crippen molar-refractivity contribution in [1.82, 2.24) is 0 Å². The minimum atomic E-state index is 0. The molecule has 0 aliphatic heterocycles. The smallest absolute Gasteiger partial charge is 0 e. The zero-order valence-corrected chi connectivity index (χ0v) is 9.33. The molecule has 0 aromatic heterocycles. The van der Waals surface area contributed by atoms with Gasteiger partial charge in [-0.1, -0.05) is 0 Å². The third kappa shape index (κ3) is 21.9. The summed E-state index contributed by atoms with van der Waals surface area (Å²) in [6.45, 7) is 0. The molecule has 0 aromatic carbocycles. The molecule has 0 aliphatic carbocycles. The Kier molecular flexibility index (Phi) is 360. The van der Waals surface area contributed by atoms with Crippen LogP contribution in [0.1, 0.15) is 0 Å². The van der Waals surface area contributed by atoms with Crippen molar-refractivity contribution in [3.8, 4) is 0 Å². The van der Waals surface area contributed by atoms with Gasteiger partial charge in [0.25, 0.3) is 0 Å². The Hall–Kier alpha value is 2.32. The molecule has 0 heterocycles. The van der Waals surface area contributed by atoms with E-state index >= 15 is 0 Å². The van der Waals surface area contributed by atoms with Gasteiger partial charge in [-0.3, -0.25) is 0 Å².